The Balaban J connectivity index is 1.70. The van der Waals surface area contributed by atoms with Crippen molar-refractivity contribution in [3.8, 4) is 0 Å². The summed E-state index contributed by atoms with van der Waals surface area (Å²) in [6, 6.07) is 12.2. The molecule has 0 bridgehead atoms. The van der Waals surface area contributed by atoms with Gasteiger partial charge in [-0.05, 0) is 36.8 Å². The molecule has 0 fully saturated rings. The number of benzene rings is 2. The van der Waals surface area contributed by atoms with E-state index in [-0.39, 0.29) is 36.8 Å². The van der Waals surface area contributed by atoms with Crippen LogP contribution < -0.4 is 16.1 Å². The first-order valence-corrected chi connectivity index (χ1v) is 9.24. The number of aryl methyl sites for hydroxylation is 1. The van der Waals surface area contributed by atoms with Gasteiger partial charge in [0.25, 0.3) is 5.91 Å². The van der Waals surface area contributed by atoms with Crippen LogP contribution in [0, 0.1) is 6.92 Å². The van der Waals surface area contributed by atoms with E-state index in [1.165, 1.54) is 6.20 Å². The summed E-state index contributed by atoms with van der Waals surface area (Å²) < 4.78 is 1.63. The highest BCUT2D eigenvalue weighted by Crippen LogP contribution is 2.19. The minimum absolute atomic E-state index is 0.144. The number of nitrogens with one attached hydrogen (secondary N) is 2. The predicted octanol–water partition coefficient (Wildman–Crippen LogP) is 1.46. The fourth-order valence-corrected chi connectivity index (χ4v) is 3.04. The normalized spacial score (nSPS) is 10.7. The second kappa shape index (κ2) is 9.11. The molecule has 3 aromatic rings. The van der Waals surface area contributed by atoms with Crippen molar-refractivity contribution in [2.45, 2.75) is 19.9 Å². The quantitative estimate of drug-likeness (QED) is 0.561. The third-order valence-corrected chi connectivity index (χ3v) is 4.56. The molecule has 2 aromatic carbocycles. The molecule has 3 N–H and O–H groups in total. The summed E-state index contributed by atoms with van der Waals surface area (Å²) >= 11 is 0. The van der Waals surface area contributed by atoms with Gasteiger partial charge in [0.2, 0.25) is 11.3 Å². The van der Waals surface area contributed by atoms with Gasteiger partial charge in [0.1, 0.15) is 0 Å². The van der Waals surface area contributed by atoms with Crippen LogP contribution in [-0.4, -0.2) is 39.9 Å². The van der Waals surface area contributed by atoms with Crippen LogP contribution in [0.4, 0.5) is 5.69 Å². The van der Waals surface area contributed by atoms with Crippen LogP contribution >= 0.6 is 0 Å². The van der Waals surface area contributed by atoms with Crippen LogP contribution in [0.2, 0.25) is 0 Å². The molecule has 1 aromatic heterocycles. The molecule has 8 heteroatoms. The molecule has 0 radical (unpaired) electrons. The van der Waals surface area contributed by atoms with Gasteiger partial charge in [-0.1, -0.05) is 18.2 Å². The summed E-state index contributed by atoms with van der Waals surface area (Å²) in [5, 5.41) is 18.9. The number of aromatic nitrogens is 2. The lowest BCUT2D eigenvalue weighted by molar-refractivity contribution is -0.116. The Bertz CT molecular complexity index is 1110. The third-order valence-electron chi connectivity index (χ3n) is 4.56. The molecule has 0 saturated carbocycles. The van der Waals surface area contributed by atoms with Gasteiger partial charge in [0.05, 0.1) is 24.9 Å². The first-order chi connectivity index (χ1) is 14.0. The van der Waals surface area contributed by atoms with Crippen molar-refractivity contribution in [2.75, 3.05) is 18.5 Å². The first-order valence-electron chi connectivity index (χ1n) is 9.24. The lowest BCUT2D eigenvalue weighted by Gasteiger charge is -2.13. The summed E-state index contributed by atoms with van der Waals surface area (Å²) in [7, 11) is 0. The Hall–Kier alpha value is -3.52. The van der Waals surface area contributed by atoms with Gasteiger partial charge in [0.15, 0.2) is 0 Å². The number of hydrogen-bond donors (Lipinski definition) is 3. The number of amides is 2. The molecule has 2 amide bonds. The van der Waals surface area contributed by atoms with Crippen molar-refractivity contribution in [1.82, 2.24) is 15.1 Å². The maximum absolute atomic E-state index is 12.4. The molecule has 150 valence electrons. The van der Waals surface area contributed by atoms with Gasteiger partial charge < -0.3 is 15.7 Å². The number of carbonyl (C=O) groups excluding carboxylic acids is 2. The van der Waals surface area contributed by atoms with Crippen molar-refractivity contribution in [3.05, 3.63) is 70.0 Å². The molecule has 0 spiro atoms. The van der Waals surface area contributed by atoms with Crippen molar-refractivity contribution < 1.29 is 14.7 Å². The van der Waals surface area contributed by atoms with E-state index in [1.54, 1.807) is 48.0 Å². The van der Waals surface area contributed by atoms with E-state index in [4.69, 9.17) is 5.11 Å². The number of hydrogen-bond acceptors (Lipinski definition) is 5. The predicted molar refractivity (Wildman–Crippen MR) is 110 cm³/mol. The van der Waals surface area contributed by atoms with Crippen LogP contribution in [0.3, 0.4) is 0 Å². The summed E-state index contributed by atoms with van der Waals surface area (Å²) in [5.41, 5.74) is 2.14. The minimum Gasteiger partial charge on any atom is -0.395 e. The van der Waals surface area contributed by atoms with Crippen LogP contribution in [0.1, 0.15) is 22.3 Å². The van der Waals surface area contributed by atoms with E-state index in [0.29, 0.717) is 34.3 Å². The van der Waals surface area contributed by atoms with Gasteiger partial charge >= 0.3 is 0 Å². The lowest BCUT2D eigenvalue weighted by Crippen LogP contribution is -2.27. The Kier molecular flexibility index (Phi) is 6.36. The van der Waals surface area contributed by atoms with E-state index >= 15 is 0 Å². The van der Waals surface area contributed by atoms with Gasteiger partial charge in [0, 0.05) is 29.6 Å². The highest BCUT2D eigenvalue weighted by molar-refractivity contribution is 5.99. The summed E-state index contributed by atoms with van der Waals surface area (Å²) in [5.74, 6) is -0.540. The van der Waals surface area contributed by atoms with E-state index in [0.717, 1.165) is 0 Å². The number of fused-ring (bicyclic) bond motifs is 1. The lowest BCUT2D eigenvalue weighted by atomic mass is 10.1. The average molecular weight is 394 g/mol. The molecular weight excluding hydrogens is 372 g/mol. The molecule has 0 atom stereocenters. The minimum atomic E-state index is -0.309. The molecule has 0 aliphatic rings. The molecule has 0 aliphatic heterocycles. The molecule has 3 rings (SSSR count). The van der Waals surface area contributed by atoms with Crippen LogP contribution in [0.5, 0.6) is 0 Å². The number of carbonyl (C=O) groups is 2. The van der Waals surface area contributed by atoms with E-state index in [2.05, 4.69) is 15.7 Å². The summed E-state index contributed by atoms with van der Waals surface area (Å²) in [6.07, 6.45) is 1.40. The molecule has 1 heterocycles. The van der Waals surface area contributed by atoms with E-state index < -0.39 is 0 Å². The van der Waals surface area contributed by atoms with Gasteiger partial charge in [-0.25, -0.2) is 0 Å². The van der Waals surface area contributed by atoms with Crippen LogP contribution in [0.25, 0.3) is 10.9 Å². The SMILES string of the molecule is Cc1c(NC(=O)CCn2ncc(=O)c3ccccc32)cccc1C(=O)NCCO. The molecule has 0 unspecified atom stereocenters. The Morgan fingerprint density at radius 3 is 2.72 bits per heavy atom. The highest BCUT2D eigenvalue weighted by Gasteiger charge is 2.13. The number of nitrogens with zero attached hydrogens (tertiary/aromatic N) is 2. The van der Waals surface area contributed by atoms with Crippen LogP contribution in [0.15, 0.2) is 53.5 Å². The zero-order valence-corrected chi connectivity index (χ0v) is 16.0. The standard InChI is InChI=1S/C21H22N4O4/c1-14-15(21(29)22-10-12-26)6-4-7-17(14)24-20(28)9-11-25-18-8-3-2-5-16(18)19(27)13-23-25/h2-8,13,26H,9-12H2,1H3,(H,22,29)(H,24,28). The maximum Gasteiger partial charge on any atom is 0.251 e. The Morgan fingerprint density at radius 2 is 1.93 bits per heavy atom. The van der Waals surface area contributed by atoms with Crippen molar-refractivity contribution >= 4 is 28.4 Å². The largest absolute Gasteiger partial charge is 0.395 e. The number of aliphatic hydroxyl groups excluding tert-OH is 1. The van der Waals surface area contributed by atoms with Gasteiger partial charge in [-0.15, -0.1) is 0 Å². The highest BCUT2D eigenvalue weighted by atomic mass is 16.3. The third kappa shape index (κ3) is 4.67. The zero-order chi connectivity index (χ0) is 20.8. The van der Waals surface area contributed by atoms with Crippen molar-refractivity contribution in [1.29, 1.82) is 0 Å². The number of anilines is 1. The van der Waals surface area contributed by atoms with E-state index in [9.17, 15) is 14.4 Å². The fraction of sp³-hybridized carbons (Fsp3) is 0.238. The van der Waals surface area contributed by atoms with E-state index in [1.807, 2.05) is 6.07 Å². The smallest absolute Gasteiger partial charge is 0.251 e. The zero-order valence-electron chi connectivity index (χ0n) is 16.0. The molecule has 8 nitrogen and oxygen atoms in total. The Morgan fingerprint density at radius 1 is 1.14 bits per heavy atom. The number of rotatable bonds is 7. The summed E-state index contributed by atoms with van der Waals surface area (Å²) in [6.45, 7) is 2.08. The topological polar surface area (TPSA) is 113 Å². The van der Waals surface area contributed by atoms with Gasteiger partial charge in [-0.3, -0.25) is 19.1 Å². The molecule has 0 aliphatic carbocycles. The van der Waals surface area contributed by atoms with Crippen molar-refractivity contribution in [3.63, 3.8) is 0 Å². The van der Waals surface area contributed by atoms with Crippen molar-refractivity contribution in [2.24, 2.45) is 0 Å². The number of para-hydroxylation sites is 1. The number of aliphatic hydroxyl groups is 1. The average Bonchev–Trinajstić information content (AvgIpc) is 2.73. The second-order valence-electron chi connectivity index (χ2n) is 6.50. The maximum atomic E-state index is 12.4. The molecular formula is C21H22N4O4. The van der Waals surface area contributed by atoms with Gasteiger partial charge in [-0.2, -0.15) is 5.10 Å². The summed E-state index contributed by atoms with van der Waals surface area (Å²) in [4.78, 5) is 36.5. The fourth-order valence-electron chi connectivity index (χ4n) is 3.04. The Labute approximate surface area is 167 Å². The first kappa shape index (κ1) is 20.2. The second-order valence-corrected chi connectivity index (χ2v) is 6.50. The molecule has 0 saturated heterocycles. The molecule has 29 heavy (non-hydrogen) atoms. The monoisotopic (exact) mass is 394 g/mol. The van der Waals surface area contributed by atoms with Crippen LogP contribution in [-0.2, 0) is 11.3 Å².